The Morgan fingerprint density at radius 2 is 1.78 bits per heavy atom. The number of nitrogens with zero attached hydrogens (tertiary/aromatic N) is 6. The van der Waals surface area contributed by atoms with Crippen molar-refractivity contribution < 1.29 is 9.15 Å². The third-order valence-electron chi connectivity index (χ3n) is 7.25. The third-order valence-corrected chi connectivity index (χ3v) is 7.25. The molecule has 0 amide bonds. The average molecular weight is 488 g/mol. The van der Waals surface area contributed by atoms with E-state index in [4.69, 9.17) is 24.2 Å². The summed E-state index contributed by atoms with van der Waals surface area (Å²) in [5.74, 6) is 2.58. The second kappa shape index (κ2) is 10.8. The molecule has 0 saturated carbocycles. The van der Waals surface area contributed by atoms with Crippen LogP contribution in [0.2, 0.25) is 0 Å². The molecule has 0 radical (unpaired) electrons. The highest BCUT2D eigenvalue weighted by molar-refractivity contribution is 5.58. The van der Waals surface area contributed by atoms with Crippen LogP contribution < -0.4 is 5.32 Å². The van der Waals surface area contributed by atoms with E-state index in [9.17, 15) is 0 Å². The highest BCUT2D eigenvalue weighted by Gasteiger charge is 2.23. The van der Waals surface area contributed by atoms with Crippen molar-refractivity contribution in [2.45, 2.75) is 25.3 Å². The number of morpholine rings is 1. The fraction of sp³-hybridized carbons (Fsp3) is 0.444. The van der Waals surface area contributed by atoms with Gasteiger partial charge in [0.05, 0.1) is 19.5 Å². The Kier molecular flexibility index (Phi) is 6.93. The molecule has 6 rings (SSSR count). The Labute approximate surface area is 211 Å². The molecule has 0 unspecified atom stereocenters. The number of hydrogen-bond donors (Lipinski definition) is 1. The predicted octanol–water partition coefficient (Wildman–Crippen LogP) is 3.51. The van der Waals surface area contributed by atoms with Gasteiger partial charge in [0.25, 0.3) is 0 Å². The van der Waals surface area contributed by atoms with Crippen LogP contribution in [-0.4, -0.2) is 81.9 Å². The first-order valence-electron chi connectivity index (χ1n) is 12.9. The molecule has 2 saturated heterocycles. The number of benzene rings is 1. The van der Waals surface area contributed by atoms with E-state index >= 15 is 0 Å². The summed E-state index contributed by atoms with van der Waals surface area (Å²) in [5.41, 5.74) is 3.36. The van der Waals surface area contributed by atoms with Crippen molar-refractivity contribution in [3.63, 3.8) is 0 Å². The van der Waals surface area contributed by atoms with E-state index in [1.165, 1.54) is 18.4 Å². The molecule has 9 heteroatoms. The second-order valence-electron chi connectivity index (χ2n) is 9.60. The Balaban J connectivity index is 1.18. The van der Waals surface area contributed by atoms with Gasteiger partial charge in [-0.15, -0.1) is 5.10 Å². The monoisotopic (exact) mass is 487 g/mol. The van der Waals surface area contributed by atoms with Gasteiger partial charge in [-0.2, -0.15) is 4.52 Å². The molecule has 5 heterocycles. The molecule has 0 atom stereocenters. The summed E-state index contributed by atoms with van der Waals surface area (Å²) in [5, 5.41) is 8.23. The van der Waals surface area contributed by atoms with Crippen molar-refractivity contribution >= 4 is 11.6 Å². The van der Waals surface area contributed by atoms with E-state index in [2.05, 4.69) is 45.4 Å². The summed E-state index contributed by atoms with van der Waals surface area (Å²) < 4.78 is 12.9. The van der Waals surface area contributed by atoms with E-state index in [1.807, 2.05) is 22.8 Å². The Morgan fingerprint density at radius 1 is 0.944 bits per heavy atom. The zero-order valence-corrected chi connectivity index (χ0v) is 20.6. The van der Waals surface area contributed by atoms with Crippen LogP contribution in [0.5, 0.6) is 0 Å². The van der Waals surface area contributed by atoms with Gasteiger partial charge in [0.2, 0.25) is 11.8 Å². The van der Waals surface area contributed by atoms with Crippen molar-refractivity contribution in [2.24, 2.45) is 0 Å². The lowest BCUT2D eigenvalue weighted by atomic mass is 9.89. The maximum atomic E-state index is 5.59. The fourth-order valence-corrected chi connectivity index (χ4v) is 5.20. The van der Waals surface area contributed by atoms with Crippen LogP contribution in [0.4, 0.5) is 5.95 Å². The molecule has 1 N–H and O–H groups in total. The smallest absolute Gasteiger partial charge is 0.225 e. The van der Waals surface area contributed by atoms with Crippen LogP contribution in [0.25, 0.3) is 17.2 Å². The summed E-state index contributed by atoms with van der Waals surface area (Å²) >= 11 is 0. The van der Waals surface area contributed by atoms with Crippen LogP contribution in [0, 0.1) is 0 Å². The highest BCUT2D eigenvalue weighted by Crippen LogP contribution is 2.29. The van der Waals surface area contributed by atoms with Crippen molar-refractivity contribution in [3.8, 4) is 11.6 Å². The molecule has 9 nitrogen and oxygen atoms in total. The minimum Gasteiger partial charge on any atom is -0.461 e. The number of ether oxygens (including phenoxy) is 1. The van der Waals surface area contributed by atoms with E-state index in [0.717, 1.165) is 70.2 Å². The zero-order chi connectivity index (χ0) is 24.2. The highest BCUT2D eigenvalue weighted by atomic mass is 16.5. The lowest BCUT2D eigenvalue weighted by molar-refractivity contribution is 0.0398. The van der Waals surface area contributed by atoms with Crippen molar-refractivity contribution in [1.82, 2.24) is 29.4 Å². The molecule has 0 spiro atoms. The van der Waals surface area contributed by atoms with Crippen LogP contribution in [0.3, 0.4) is 0 Å². The van der Waals surface area contributed by atoms with Gasteiger partial charge in [-0.05, 0) is 49.5 Å². The topological polar surface area (TPSA) is 84.0 Å². The van der Waals surface area contributed by atoms with Gasteiger partial charge in [0.1, 0.15) is 0 Å². The number of nitrogens with one attached hydrogen (secondary N) is 1. The number of aromatic nitrogens is 4. The predicted molar refractivity (Wildman–Crippen MR) is 138 cm³/mol. The van der Waals surface area contributed by atoms with E-state index in [-0.39, 0.29) is 0 Å². The van der Waals surface area contributed by atoms with Gasteiger partial charge >= 0.3 is 0 Å². The first-order valence-corrected chi connectivity index (χ1v) is 12.9. The van der Waals surface area contributed by atoms with E-state index < -0.39 is 0 Å². The van der Waals surface area contributed by atoms with Gasteiger partial charge in [0.15, 0.2) is 11.4 Å². The van der Waals surface area contributed by atoms with E-state index in [0.29, 0.717) is 23.5 Å². The molecule has 1 aromatic carbocycles. The SMILES string of the molecule is c1ccc(C2CCN(Cc3cnc(NCCN4CCOCC4)n4nc(-c5ccco5)nc34)CC2)cc1. The number of rotatable bonds is 8. The van der Waals surface area contributed by atoms with Gasteiger partial charge in [-0.1, -0.05) is 30.3 Å². The van der Waals surface area contributed by atoms with Crippen molar-refractivity contribution in [2.75, 3.05) is 57.8 Å². The average Bonchev–Trinajstić information content (AvgIpc) is 3.62. The first-order chi connectivity index (χ1) is 17.8. The first kappa shape index (κ1) is 23.1. The summed E-state index contributed by atoms with van der Waals surface area (Å²) in [6, 6.07) is 14.6. The van der Waals surface area contributed by atoms with Gasteiger partial charge < -0.3 is 14.5 Å². The minimum atomic E-state index is 0.577. The zero-order valence-electron chi connectivity index (χ0n) is 20.6. The molecular weight excluding hydrogens is 454 g/mol. The minimum absolute atomic E-state index is 0.577. The Bertz CT molecular complexity index is 1240. The van der Waals surface area contributed by atoms with Gasteiger partial charge in [0, 0.05) is 44.5 Å². The molecule has 4 aromatic rings. The maximum absolute atomic E-state index is 5.59. The molecule has 36 heavy (non-hydrogen) atoms. The summed E-state index contributed by atoms with van der Waals surface area (Å²) in [6.07, 6.45) is 5.94. The number of furan rings is 1. The number of fused-ring (bicyclic) bond motifs is 1. The molecule has 0 aliphatic carbocycles. The summed E-state index contributed by atoms with van der Waals surface area (Å²) in [7, 11) is 0. The largest absolute Gasteiger partial charge is 0.461 e. The molecule has 2 aliphatic rings. The number of hydrogen-bond acceptors (Lipinski definition) is 8. The molecule has 2 aliphatic heterocycles. The molecule has 188 valence electrons. The Hall–Kier alpha value is -3.27. The quantitative estimate of drug-likeness (QED) is 0.404. The fourth-order valence-electron chi connectivity index (χ4n) is 5.20. The van der Waals surface area contributed by atoms with Crippen LogP contribution in [0.1, 0.15) is 29.9 Å². The Morgan fingerprint density at radius 3 is 2.56 bits per heavy atom. The molecule has 3 aromatic heterocycles. The molecular formula is C27H33N7O2. The second-order valence-corrected chi connectivity index (χ2v) is 9.60. The van der Waals surface area contributed by atoms with Gasteiger partial charge in [-0.25, -0.2) is 9.97 Å². The molecule has 0 bridgehead atoms. The standard InChI is InChI=1S/C27H33N7O2/c1-2-5-21(6-3-1)22-8-11-33(12-9-22)20-23-19-29-27(28-10-13-32-14-17-35-18-15-32)34-26(23)30-25(31-34)24-7-4-16-36-24/h1-7,16,19,22H,8-15,17-18,20H2,(H,28,29). The van der Waals surface area contributed by atoms with Crippen molar-refractivity contribution in [3.05, 3.63) is 66.1 Å². The summed E-state index contributed by atoms with van der Waals surface area (Å²) in [6.45, 7) is 8.18. The number of piperidine rings is 1. The number of likely N-dealkylation sites (tertiary alicyclic amines) is 1. The van der Waals surface area contributed by atoms with E-state index in [1.54, 1.807) is 6.26 Å². The van der Waals surface area contributed by atoms with Crippen LogP contribution in [-0.2, 0) is 11.3 Å². The normalized spacial score (nSPS) is 18.1. The summed E-state index contributed by atoms with van der Waals surface area (Å²) in [4.78, 5) is 14.5. The number of anilines is 1. The van der Waals surface area contributed by atoms with Gasteiger partial charge in [-0.3, -0.25) is 9.80 Å². The lowest BCUT2D eigenvalue weighted by Crippen LogP contribution is -2.39. The third kappa shape index (κ3) is 5.13. The van der Waals surface area contributed by atoms with Crippen LogP contribution >= 0.6 is 0 Å². The maximum Gasteiger partial charge on any atom is 0.225 e. The molecule has 2 fully saturated rings. The van der Waals surface area contributed by atoms with Crippen molar-refractivity contribution in [1.29, 1.82) is 0 Å². The van der Waals surface area contributed by atoms with Crippen LogP contribution in [0.15, 0.2) is 59.3 Å². The lowest BCUT2D eigenvalue weighted by Gasteiger charge is -2.32.